The summed E-state index contributed by atoms with van der Waals surface area (Å²) in [5.74, 6) is -0.0600. The largest absolute Gasteiger partial charge is 0.346 e. The average Bonchev–Trinajstić information content (AvgIpc) is 2.89. The molecule has 1 aromatic heterocycles. The zero-order valence-electron chi connectivity index (χ0n) is 9.02. The maximum atomic E-state index is 12.0. The van der Waals surface area contributed by atoms with Gasteiger partial charge in [0.2, 0.25) is 0 Å². The van der Waals surface area contributed by atoms with E-state index in [4.69, 9.17) is 0 Å². The van der Waals surface area contributed by atoms with Crippen molar-refractivity contribution in [3.63, 3.8) is 0 Å². The third-order valence-corrected chi connectivity index (χ3v) is 3.67. The van der Waals surface area contributed by atoms with E-state index in [0.29, 0.717) is 17.4 Å². The number of nitrogens with zero attached hydrogens (tertiary/aromatic N) is 1. The van der Waals surface area contributed by atoms with E-state index in [2.05, 4.69) is 26.2 Å². The van der Waals surface area contributed by atoms with Gasteiger partial charge >= 0.3 is 0 Å². The number of benzene rings is 1. The molecule has 0 saturated carbocycles. The molecule has 88 valence electrons. The lowest BCUT2D eigenvalue weighted by molar-refractivity contribution is 0.0950. The zero-order chi connectivity index (χ0) is 12.1. The van der Waals surface area contributed by atoms with Gasteiger partial charge in [-0.05, 0) is 11.6 Å². The highest BCUT2D eigenvalue weighted by atomic mass is 79.9. The molecule has 0 aliphatic carbocycles. The molecule has 3 nitrogen and oxygen atoms in total. The Morgan fingerprint density at radius 1 is 1.41 bits per heavy atom. The minimum absolute atomic E-state index is 0.0600. The monoisotopic (exact) mass is 310 g/mol. The van der Waals surface area contributed by atoms with Crippen molar-refractivity contribution in [2.75, 3.05) is 0 Å². The highest BCUT2D eigenvalue weighted by molar-refractivity contribution is 9.08. The van der Waals surface area contributed by atoms with Gasteiger partial charge in [-0.1, -0.05) is 34.1 Å². The van der Waals surface area contributed by atoms with E-state index in [1.165, 1.54) is 11.3 Å². The van der Waals surface area contributed by atoms with Crippen LogP contribution in [0.5, 0.6) is 0 Å². The summed E-state index contributed by atoms with van der Waals surface area (Å²) < 4.78 is 0. The molecule has 0 fully saturated rings. The van der Waals surface area contributed by atoms with Crippen LogP contribution in [0.15, 0.2) is 35.8 Å². The van der Waals surface area contributed by atoms with E-state index in [-0.39, 0.29) is 5.91 Å². The second kappa shape index (κ2) is 5.93. The van der Waals surface area contributed by atoms with Crippen LogP contribution in [0, 0.1) is 0 Å². The van der Waals surface area contributed by atoms with Crippen LogP contribution >= 0.6 is 27.3 Å². The van der Waals surface area contributed by atoms with Crippen LogP contribution in [0.2, 0.25) is 0 Å². The van der Waals surface area contributed by atoms with Crippen LogP contribution < -0.4 is 5.32 Å². The summed E-state index contributed by atoms with van der Waals surface area (Å²) in [5.41, 5.74) is 1.70. The van der Waals surface area contributed by atoms with E-state index in [9.17, 15) is 4.79 Å². The fourth-order valence-electron chi connectivity index (χ4n) is 1.45. The normalized spacial score (nSPS) is 10.2. The van der Waals surface area contributed by atoms with E-state index in [1.54, 1.807) is 6.20 Å². The van der Waals surface area contributed by atoms with Crippen LogP contribution in [-0.4, -0.2) is 10.9 Å². The summed E-state index contributed by atoms with van der Waals surface area (Å²) in [7, 11) is 0. The standard InChI is InChI=1S/C12H11BrN2OS/c13-7-9-3-1-2-4-10(9)12(16)15-8-11-14-5-6-17-11/h1-6H,7-8H2,(H,15,16). The molecule has 0 saturated heterocycles. The van der Waals surface area contributed by atoms with E-state index in [0.717, 1.165) is 10.6 Å². The Kier molecular flexibility index (Phi) is 4.28. The topological polar surface area (TPSA) is 42.0 Å². The van der Waals surface area contributed by atoms with Crippen LogP contribution in [-0.2, 0) is 11.9 Å². The Labute approximate surface area is 112 Å². The predicted molar refractivity (Wildman–Crippen MR) is 72.4 cm³/mol. The lowest BCUT2D eigenvalue weighted by Crippen LogP contribution is -2.23. The molecule has 2 aromatic rings. The number of aromatic nitrogens is 1. The summed E-state index contributed by atoms with van der Waals surface area (Å²) in [4.78, 5) is 16.1. The Hall–Kier alpha value is -1.20. The Balaban J connectivity index is 2.04. The number of nitrogens with one attached hydrogen (secondary N) is 1. The first kappa shape index (κ1) is 12.3. The molecule has 0 atom stereocenters. The van der Waals surface area contributed by atoms with E-state index >= 15 is 0 Å². The van der Waals surface area contributed by atoms with Gasteiger partial charge in [-0.3, -0.25) is 4.79 Å². The molecular weight excluding hydrogens is 300 g/mol. The maximum absolute atomic E-state index is 12.0. The molecule has 1 aromatic carbocycles. The number of hydrogen-bond acceptors (Lipinski definition) is 3. The molecule has 0 bridgehead atoms. The molecule has 0 aliphatic rings. The van der Waals surface area contributed by atoms with Crippen molar-refractivity contribution in [3.05, 3.63) is 52.0 Å². The molecular formula is C12H11BrN2OS. The van der Waals surface area contributed by atoms with Crippen molar-refractivity contribution < 1.29 is 4.79 Å². The fraction of sp³-hybridized carbons (Fsp3) is 0.167. The maximum Gasteiger partial charge on any atom is 0.251 e. The quantitative estimate of drug-likeness (QED) is 0.882. The number of alkyl halides is 1. The summed E-state index contributed by atoms with van der Waals surface area (Å²) in [6, 6.07) is 7.56. The molecule has 1 amide bonds. The molecule has 1 heterocycles. The van der Waals surface area contributed by atoms with Crippen molar-refractivity contribution >= 4 is 33.2 Å². The average molecular weight is 311 g/mol. The summed E-state index contributed by atoms with van der Waals surface area (Å²) >= 11 is 4.91. The minimum Gasteiger partial charge on any atom is -0.346 e. The summed E-state index contributed by atoms with van der Waals surface area (Å²) in [5, 5.41) is 6.35. The van der Waals surface area contributed by atoms with Gasteiger partial charge in [-0.2, -0.15) is 0 Å². The van der Waals surface area contributed by atoms with Crippen molar-refractivity contribution in [3.8, 4) is 0 Å². The second-order valence-electron chi connectivity index (χ2n) is 3.40. The smallest absolute Gasteiger partial charge is 0.251 e. The van der Waals surface area contributed by atoms with E-state index < -0.39 is 0 Å². The number of carbonyl (C=O) groups is 1. The molecule has 17 heavy (non-hydrogen) atoms. The van der Waals surface area contributed by atoms with Crippen LogP contribution in [0.25, 0.3) is 0 Å². The van der Waals surface area contributed by atoms with Gasteiger partial charge in [0, 0.05) is 22.5 Å². The first-order valence-electron chi connectivity index (χ1n) is 5.11. The van der Waals surface area contributed by atoms with Gasteiger partial charge in [0.25, 0.3) is 5.91 Å². The molecule has 0 spiro atoms. The Morgan fingerprint density at radius 3 is 2.94 bits per heavy atom. The Morgan fingerprint density at radius 2 is 2.24 bits per heavy atom. The second-order valence-corrected chi connectivity index (χ2v) is 4.94. The van der Waals surface area contributed by atoms with E-state index in [1.807, 2.05) is 29.6 Å². The van der Waals surface area contributed by atoms with Gasteiger partial charge in [-0.15, -0.1) is 11.3 Å². The lowest BCUT2D eigenvalue weighted by atomic mass is 10.1. The van der Waals surface area contributed by atoms with Crippen LogP contribution in [0.1, 0.15) is 20.9 Å². The number of hydrogen-bond donors (Lipinski definition) is 1. The first-order valence-corrected chi connectivity index (χ1v) is 7.12. The predicted octanol–water partition coefficient (Wildman–Crippen LogP) is 2.97. The lowest BCUT2D eigenvalue weighted by Gasteiger charge is -2.07. The minimum atomic E-state index is -0.0600. The Bertz CT molecular complexity index is 499. The number of carbonyl (C=O) groups excluding carboxylic acids is 1. The van der Waals surface area contributed by atoms with Crippen molar-refractivity contribution in [1.29, 1.82) is 0 Å². The first-order chi connectivity index (χ1) is 8.31. The third-order valence-electron chi connectivity index (χ3n) is 2.29. The van der Waals surface area contributed by atoms with Gasteiger partial charge in [0.05, 0.1) is 6.54 Å². The van der Waals surface area contributed by atoms with Crippen molar-refractivity contribution in [2.45, 2.75) is 11.9 Å². The summed E-state index contributed by atoms with van der Waals surface area (Å²) in [6.45, 7) is 0.479. The van der Waals surface area contributed by atoms with Crippen LogP contribution in [0.4, 0.5) is 0 Å². The molecule has 0 aliphatic heterocycles. The van der Waals surface area contributed by atoms with Crippen molar-refractivity contribution in [2.24, 2.45) is 0 Å². The molecule has 2 rings (SSSR count). The highest BCUT2D eigenvalue weighted by Crippen LogP contribution is 2.12. The van der Waals surface area contributed by atoms with Crippen molar-refractivity contribution in [1.82, 2.24) is 10.3 Å². The number of amides is 1. The number of thiazole rings is 1. The fourth-order valence-corrected chi connectivity index (χ4v) is 2.49. The molecule has 0 unspecified atom stereocenters. The zero-order valence-corrected chi connectivity index (χ0v) is 11.4. The summed E-state index contributed by atoms with van der Waals surface area (Å²) in [6.07, 6.45) is 1.73. The third kappa shape index (κ3) is 3.14. The highest BCUT2D eigenvalue weighted by Gasteiger charge is 2.09. The number of halogens is 1. The van der Waals surface area contributed by atoms with Gasteiger partial charge < -0.3 is 5.32 Å². The van der Waals surface area contributed by atoms with Gasteiger partial charge in [-0.25, -0.2) is 4.98 Å². The van der Waals surface area contributed by atoms with Gasteiger partial charge in [0.1, 0.15) is 5.01 Å². The number of rotatable bonds is 4. The van der Waals surface area contributed by atoms with Crippen LogP contribution in [0.3, 0.4) is 0 Å². The molecule has 0 radical (unpaired) electrons. The SMILES string of the molecule is O=C(NCc1nccs1)c1ccccc1CBr. The molecule has 1 N–H and O–H groups in total. The van der Waals surface area contributed by atoms with Gasteiger partial charge in [0.15, 0.2) is 0 Å². The molecule has 5 heteroatoms.